The second-order valence-corrected chi connectivity index (χ2v) is 3.83. The second-order valence-electron chi connectivity index (χ2n) is 3.83. The highest BCUT2D eigenvalue weighted by Gasteiger charge is 2.27. The zero-order valence-corrected chi connectivity index (χ0v) is 10.7. The van der Waals surface area contributed by atoms with Gasteiger partial charge >= 0.3 is 12.1 Å². The van der Waals surface area contributed by atoms with E-state index in [1.807, 2.05) is 0 Å². The fraction of sp³-hybridized carbons (Fsp3) is 0.308. The number of ether oxygens (including phenoxy) is 1. The lowest BCUT2D eigenvalue weighted by atomic mass is 10.2. The van der Waals surface area contributed by atoms with Gasteiger partial charge in [-0.25, -0.2) is 9.59 Å². The first-order chi connectivity index (χ1) is 9.06. The van der Waals surface area contributed by atoms with Gasteiger partial charge < -0.3 is 9.84 Å². The molecular formula is C13H16N2O4. The maximum atomic E-state index is 11.8. The van der Waals surface area contributed by atoms with Crippen LogP contribution in [0.2, 0.25) is 0 Å². The molecule has 1 aromatic heterocycles. The highest BCUT2D eigenvalue weighted by atomic mass is 16.6. The molecule has 0 aliphatic rings. The van der Waals surface area contributed by atoms with Crippen molar-refractivity contribution in [2.24, 2.45) is 0 Å². The summed E-state index contributed by atoms with van der Waals surface area (Å²) < 4.78 is 4.87. The number of nitrogens with zero attached hydrogens (tertiary/aromatic N) is 2. The van der Waals surface area contributed by atoms with Crippen LogP contribution >= 0.6 is 0 Å². The predicted molar refractivity (Wildman–Crippen MR) is 68.4 cm³/mol. The molecule has 6 heteroatoms. The summed E-state index contributed by atoms with van der Waals surface area (Å²) in [6.07, 6.45) is 2.29. The fourth-order valence-corrected chi connectivity index (χ4v) is 1.37. The van der Waals surface area contributed by atoms with E-state index in [1.165, 1.54) is 13.0 Å². The standard InChI is InChI=1S/C13H16N2O4/c1-3-8-19-13(18)15(10(2)12(16)17)9-11-6-4-5-7-14-11/h3-7,10H,1,8-9H2,2H3,(H,16,17). The summed E-state index contributed by atoms with van der Waals surface area (Å²) >= 11 is 0. The number of rotatable bonds is 6. The number of pyridine rings is 1. The summed E-state index contributed by atoms with van der Waals surface area (Å²) in [6, 6.07) is 4.22. The van der Waals surface area contributed by atoms with Crippen molar-refractivity contribution in [3.8, 4) is 0 Å². The van der Waals surface area contributed by atoms with Crippen LogP contribution in [0.5, 0.6) is 0 Å². The number of aliphatic carboxylic acids is 1. The molecule has 0 spiro atoms. The molecule has 102 valence electrons. The highest BCUT2D eigenvalue weighted by molar-refractivity contribution is 5.79. The maximum Gasteiger partial charge on any atom is 0.411 e. The topological polar surface area (TPSA) is 79.7 Å². The van der Waals surface area contributed by atoms with E-state index in [9.17, 15) is 9.59 Å². The SMILES string of the molecule is C=CCOC(=O)N(Cc1ccccn1)C(C)C(=O)O. The van der Waals surface area contributed by atoms with Crippen LogP contribution < -0.4 is 0 Å². The third-order valence-electron chi connectivity index (χ3n) is 2.44. The van der Waals surface area contributed by atoms with Crippen molar-refractivity contribution < 1.29 is 19.4 Å². The number of amides is 1. The molecule has 0 aliphatic heterocycles. The number of carboxylic acid groups (broad SMARTS) is 1. The third kappa shape index (κ3) is 4.42. The Hall–Kier alpha value is -2.37. The molecule has 0 aromatic carbocycles. The summed E-state index contributed by atoms with van der Waals surface area (Å²) in [7, 11) is 0. The van der Waals surface area contributed by atoms with Crippen molar-refractivity contribution in [2.45, 2.75) is 19.5 Å². The van der Waals surface area contributed by atoms with E-state index < -0.39 is 18.1 Å². The zero-order chi connectivity index (χ0) is 14.3. The Morgan fingerprint density at radius 2 is 2.32 bits per heavy atom. The van der Waals surface area contributed by atoms with Crippen LogP contribution in [0.25, 0.3) is 0 Å². The minimum atomic E-state index is -1.11. The molecule has 0 radical (unpaired) electrons. The van der Waals surface area contributed by atoms with E-state index in [2.05, 4.69) is 11.6 Å². The number of carbonyl (C=O) groups is 2. The van der Waals surface area contributed by atoms with E-state index >= 15 is 0 Å². The first kappa shape index (κ1) is 14.7. The molecule has 0 bridgehead atoms. The maximum absolute atomic E-state index is 11.8. The Balaban J connectivity index is 2.83. The molecular weight excluding hydrogens is 248 g/mol. The second kappa shape index (κ2) is 7.15. The monoisotopic (exact) mass is 264 g/mol. The first-order valence-electron chi connectivity index (χ1n) is 5.73. The minimum Gasteiger partial charge on any atom is -0.480 e. The minimum absolute atomic E-state index is 0.0316. The lowest BCUT2D eigenvalue weighted by Gasteiger charge is -2.25. The average Bonchev–Trinajstić information content (AvgIpc) is 2.42. The molecule has 1 aromatic rings. The predicted octanol–water partition coefficient (Wildman–Crippen LogP) is 1.68. The molecule has 1 rings (SSSR count). The molecule has 0 saturated carbocycles. The van der Waals surface area contributed by atoms with E-state index in [4.69, 9.17) is 9.84 Å². The first-order valence-corrected chi connectivity index (χ1v) is 5.73. The van der Waals surface area contributed by atoms with Gasteiger partial charge in [0, 0.05) is 6.20 Å². The largest absolute Gasteiger partial charge is 0.480 e. The number of carbonyl (C=O) groups excluding carboxylic acids is 1. The molecule has 0 fully saturated rings. The van der Waals surface area contributed by atoms with Gasteiger partial charge in [-0.2, -0.15) is 0 Å². The third-order valence-corrected chi connectivity index (χ3v) is 2.44. The van der Waals surface area contributed by atoms with Gasteiger partial charge in [0.1, 0.15) is 12.6 Å². The summed E-state index contributed by atoms with van der Waals surface area (Å²) in [5, 5.41) is 9.01. The molecule has 1 atom stereocenters. The van der Waals surface area contributed by atoms with Gasteiger partial charge in [0.05, 0.1) is 12.2 Å². The average molecular weight is 264 g/mol. The van der Waals surface area contributed by atoms with Gasteiger partial charge in [0.15, 0.2) is 0 Å². The van der Waals surface area contributed by atoms with Crippen molar-refractivity contribution in [3.63, 3.8) is 0 Å². The van der Waals surface area contributed by atoms with Crippen LogP contribution in [-0.4, -0.2) is 39.7 Å². The van der Waals surface area contributed by atoms with Gasteiger partial charge in [-0.05, 0) is 19.1 Å². The van der Waals surface area contributed by atoms with Crippen molar-refractivity contribution in [3.05, 3.63) is 42.7 Å². The van der Waals surface area contributed by atoms with Crippen LogP contribution in [0, 0.1) is 0 Å². The van der Waals surface area contributed by atoms with E-state index in [1.54, 1.807) is 24.4 Å². The molecule has 1 unspecified atom stereocenters. The Labute approximate surface area is 111 Å². The van der Waals surface area contributed by atoms with E-state index in [0.717, 1.165) is 4.90 Å². The van der Waals surface area contributed by atoms with Crippen molar-refractivity contribution in [1.82, 2.24) is 9.88 Å². The van der Waals surface area contributed by atoms with Gasteiger partial charge in [-0.3, -0.25) is 9.88 Å². The summed E-state index contributed by atoms with van der Waals surface area (Å²) in [4.78, 5) is 28.0. The lowest BCUT2D eigenvalue weighted by Crippen LogP contribution is -2.43. The quantitative estimate of drug-likeness (QED) is 0.791. The summed E-state index contributed by atoms with van der Waals surface area (Å²) in [6.45, 7) is 4.95. The van der Waals surface area contributed by atoms with Gasteiger partial charge in [-0.15, -0.1) is 0 Å². The lowest BCUT2D eigenvalue weighted by molar-refractivity contribution is -0.142. The molecule has 0 aliphatic carbocycles. The van der Waals surface area contributed by atoms with Crippen LogP contribution in [0.4, 0.5) is 4.79 Å². The fourth-order valence-electron chi connectivity index (χ4n) is 1.37. The van der Waals surface area contributed by atoms with Crippen LogP contribution in [0.1, 0.15) is 12.6 Å². The molecule has 1 N–H and O–H groups in total. The zero-order valence-electron chi connectivity index (χ0n) is 10.7. The van der Waals surface area contributed by atoms with Crippen molar-refractivity contribution in [1.29, 1.82) is 0 Å². The van der Waals surface area contributed by atoms with Gasteiger partial charge in [0.2, 0.25) is 0 Å². The van der Waals surface area contributed by atoms with Crippen molar-refractivity contribution in [2.75, 3.05) is 6.61 Å². The van der Waals surface area contributed by atoms with E-state index in [-0.39, 0.29) is 13.2 Å². The number of hydrogen-bond donors (Lipinski definition) is 1. The molecule has 19 heavy (non-hydrogen) atoms. The van der Waals surface area contributed by atoms with Crippen LogP contribution in [0.3, 0.4) is 0 Å². The Morgan fingerprint density at radius 3 is 2.84 bits per heavy atom. The Bertz CT molecular complexity index is 447. The van der Waals surface area contributed by atoms with Crippen LogP contribution in [0.15, 0.2) is 37.1 Å². The number of hydrogen-bond acceptors (Lipinski definition) is 4. The van der Waals surface area contributed by atoms with Crippen molar-refractivity contribution >= 4 is 12.1 Å². The van der Waals surface area contributed by atoms with Crippen LogP contribution in [-0.2, 0) is 16.1 Å². The van der Waals surface area contributed by atoms with E-state index in [0.29, 0.717) is 5.69 Å². The highest BCUT2D eigenvalue weighted by Crippen LogP contribution is 2.09. The normalized spacial score (nSPS) is 11.4. The Kier molecular flexibility index (Phi) is 5.53. The molecule has 6 nitrogen and oxygen atoms in total. The van der Waals surface area contributed by atoms with Gasteiger partial charge in [0.25, 0.3) is 0 Å². The molecule has 0 saturated heterocycles. The van der Waals surface area contributed by atoms with Gasteiger partial charge in [-0.1, -0.05) is 18.7 Å². The smallest absolute Gasteiger partial charge is 0.411 e. The summed E-state index contributed by atoms with van der Waals surface area (Å²) in [5.74, 6) is -1.11. The number of aromatic nitrogens is 1. The summed E-state index contributed by atoms with van der Waals surface area (Å²) in [5.41, 5.74) is 0.589. The molecule has 1 heterocycles. The Morgan fingerprint density at radius 1 is 1.58 bits per heavy atom. The number of carboxylic acids is 1. The molecule has 1 amide bonds.